The van der Waals surface area contributed by atoms with E-state index in [1.165, 1.54) is 26.6 Å². The number of rotatable bonds is 5. The maximum Gasteiger partial charge on any atom is 0.257 e. The van der Waals surface area contributed by atoms with E-state index in [0.717, 1.165) is 29.8 Å². The number of hydrogen-bond donors (Lipinski definition) is 1. The first kappa shape index (κ1) is 20.2. The summed E-state index contributed by atoms with van der Waals surface area (Å²) in [5.41, 5.74) is 1.12. The second-order valence-corrected chi connectivity index (χ2v) is 11.0. The van der Waals surface area contributed by atoms with E-state index in [-0.39, 0.29) is 10.8 Å². The number of amides is 1. The van der Waals surface area contributed by atoms with Crippen LogP contribution in [0.3, 0.4) is 0 Å². The van der Waals surface area contributed by atoms with Crippen molar-refractivity contribution in [2.24, 2.45) is 0 Å². The molecule has 0 aliphatic carbocycles. The van der Waals surface area contributed by atoms with Gasteiger partial charge in [-0.2, -0.15) is 4.31 Å². The van der Waals surface area contributed by atoms with Gasteiger partial charge in [-0.25, -0.2) is 13.4 Å². The minimum Gasteiger partial charge on any atom is -0.298 e. The first-order valence-corrected chi connectivity index (χ1v) is 12.5. The van der Waals surface area contributed by atoms with Crippen LogP contribution in [0.2, 0.25) is 0 Å². The van der Waals surface area contributed by atoms with Crippen LogP contribution in [0.15, 0.2) is 46.7 Å². The molecule has 1 aliphatic rings. The summed E-state index contributed by atoms with van der Waals surface area (Å²) in [5.74, 6) is -0.371. The number of benzene rings is 1. The topological polar surface area (TPSA) is 79.4 Å². The fourth-order valence-corrected chi connectivity index (χ4v) is 6.41. The predicted octanol–water partition coefficient (Wildman–Crippen LogP) is 4.61. The van der Waals surface area contributed by atoms with Gasteiger partial charge in [0.25, 0.3) is 5.91 Å². The normalized spacial score (nSPS) is 15.3. The van der Waals surface area contributed by atoms with E-state index in [0.29, 0.717) is 23.8 Å². The number of sulfonamides is 1. The lowest BCUT2D eigenvalue weighted by Crippen LogP contribution is -2.35. The number of carbonyl (C=O) groups excluding carboxylic acids is 1. The summed E-state index contributed by atoms with van der Waals surface area (Å²) in [6, 6.07) is 10.2. The van der Waals surface area contributed by atoms with Crippen LogP contribution in [0.5, 0.6) is 0 Å². The molecule has 0 spiro atoms. The number of hydrogen-bond acceptors (Lipinski definition) is 6. The highest BCUT2D eigenvalue weighted by Crippen LogP contribution is 2.30. The van der Waals surface area contributed by atoms with Gasteiger partial charge in [-0.3, -0.25) is 10.1 Å². The lowest BCUT2D eigenvalue weighted by Gasteiger charge is -2.26. The Hall–Kier alpha value is -2.07. The summed E-state index contributed by atoms with van der Waals surface area (Å²) in [5, 5.41) is 5.17. The molecule has 152 valence electrons. The van der Waals surface area contributed by atoms with Gasteiger partial charge in [-0.1, -0.05) is 12.5 Å². The molecule has 1 aliphatic heterocycles. The number of aryl methyl sites for hydroxylation is 1. The first-order chi connectivity index (χ1) is 13.9. The number of thiophene rings is 1. The fourth-order valence-electron chi connectivity index (χ4n) is 3.24. The van der Waals surface area contributed by atoms with Crippen molar-refractivity contribution >= 4 is 43.7 Å². The average Bonchev–Trinajstić information content (AvgIpc) is 3.37. The van der Waals surface area contributed by atoms with Crippen LogP contribution in [0.4, 0.5) is 5.13 Å². The molecule has 2 aromatic heterocycles. The summed E-state index contributed by atoms with van der Waals surface area (Å²) < 4.78 is 27.2. The summed E-state index contributed by atoms with van der Waals surface area (Å²) in [4.78, 5) is 19.5. The highest BCUT2D eigenvalue weighted by Gasteiger charge is 2.26. The number of nitrogens with zero attached hydrogens (tertiary/aromatic N) is 2. The van der Waals surface area contributed by atoms with Crippen molar-refractivity contribution in [3.63, 3.8) is 0 Å². The zero-order chi connectivity index (χ0) is 20.4. The van der Waals surface area contributed by atoms with Gasteiger partial charge in [0.2, 0.25) is 10.0 Å². The molecule has 1 amide bonds. The van der Waals surface area contributed by atoms with Crippen LogP contribution in [0.25, 0.3) is 10.6 Å². The number of nitrogens with one attached hydrogen (secondary N) is 1. The number of thiazole rings is 1. The van der Waals surface area contributed by atoms with Gasteiger partial charge in [-0.15, -0.1) is 22.7 Å². The lowest BCUT2D eigenvalue weighted by molar-refractivity contribution is 0.102. The van der Waals surface area contributed by atoms with Gasteiger partial charge in [0.05, 0.1) is 15.5 Å². The van der Waals surface area contributed by atoms with Gasteiger partial charge in [0.15, 0.2) is 5.13 Å². The Balaban J connectivity index is 1.51. The molecule has 0 bridgehead atoms. The van der Waals surface area contributed by atoms with Gasteiger partial charge < -0.3 is 0 Å². The molecule has 1 saturated heterocycles. The van der Waals surface area contributed by atoms with Crippen LogP contribution in [-0.4, -0.2) is 36.7 Å². The molecular formula is C20H21N3O3S3. The van der Waals surface area contributed by atoms with E-state index in [9.17, 15) is 13.2 Å². The van der Waals surface area contributed by atoms with Crippen LogP contribution < -0.4 is 5.32 Å². The summed E-state index contributed by atoms with van der Waals surface area (Å²) >= 11 is 2.99. The van der Waals surface area contributed by atoms with E-state index in [2.05, 4.69) is 10.3 Å². The Labute approximate surface area is 178 Å². The maximum atomic E-state index is 12.9. The second kappa shape index (κ2) is 8.35. The molecule has 0 saturated carbocycles. The molecule has 0 unspecified atom stereocenters. The molecule has 0 radical (unpaired) electrons. The molecule has 3 heterocycles. The third-order valence-electron chi connectivity index (χ3n) is 4.77. The molecule has 0 atom stereocenters. The van der Waals surface area contributed by atoms with E-state index in [4.69, 9.17) is 0 Å². The SMILES string of the molecule is Cc1ccc(-c2csc(NC(=O)c3cccc(S(=O)(=O)N4CCCCC4)c3)n2)s1. The third kappa shape index (κ3) is 4.42. The summed E-state index contributed by atoms with van der Waals surface area (Å²) in [7, 11) is -3.58. The molecule has 4 rings (SSSR count). The Kier molecular flexibility index (Phi) is 5.82. The fraction of sp³-hybridized carbons (Fsp3) is 0.300. The van der Waals surface area contributed by atoms with Gasteiger partial charge in [0.1, 0.15) is 0 Å². The van der Waals surface area contributed by atoms with Crippen molar-refractivity contribution in [1.82, 2.24) is 9.29 Å². The predicted molar refractivity (Wildman–Crippen MR) is 117 cm³/mol. The minimum absolute atomic E-state index is 0.154. The smallest absolute Gasteiger partial charge is 0.257 e. The zero-order valence-corrected chi connectivity index (χ0v) is 18.4. The first-order valence-electron chi connectivity index (χ1n) is 9.37. The van der Waals surface area contributed by atoms with Crippen LogP contribution >= 0.6 is 22.7 Å². The van der Waals surface area contributed by atoms with Crippen molar-refractivity contribution in [1.29, 1.82) is 0 Å². The summed E-state index contributed by atoms with van der Waals surface area (Å²) in [6.45, 7) is 3.10. The van der Waals surface area contributed by atoms with Crippen molar-refractivity contribution in [2.75, 3.05) is 18.4 Å². The monoisotopic (exact) mass is 447 g/mol. The molecule has 9 heteroatoms. The highest BCUT2D eigenvalue weighted by atomic mass is 32.2. The molecule has 1 fully saturated rings. The Bertz CT molecular complexity index is 1130. The molecule has 1 aromatic carbocycles. The van der Waals surface area contributed by atoms with Gasteiger partial charge in [0, 0.05) is 28.9 Å². The average molecular weight is 448 g/mol. The molecule has 1 N–H and O–H groups in total. The minimum atomic E-state index is -3.58. The van der Waals surface area contributed by atoms with E-state index in [1.54, 1.807) is 29.5 Å². The number of anilines is 1. The molecular weight excluding hydrogens is 426 g/mol. The van der Waals surface area contributed by atoms with Crippen molar-refractivity contribution in [3.05, 3.63) is 52.2 Å². The maximum absolute atomic E-state index is 12.9. The Morgan fingerprint density at radius 1 is 1.14 bits per heavy atom. The van der Waals surface area contributed by atoms with Crippen molar-refractivity contribution in [3.8, 4) is 10.6 Å². The van der Waals surface area contributed by atoms with Crippen molar-refractivity contribution in [2.45, 2.75) is 31.1 Å². The Morgan fingerprint density at radius 2 is 1.93 bits per heavy atom. The zero-order valence-electron chi connectivity index (χ0n) is 15.9. The lowest BCUT2D eigenvalue weighted by atomic mass is 10.2. The van der Waals surface area contributed by atoms with Gasteiger partial charge in [-0.05, 0) is 50.1 Å². The Morgan fingerprint density at radius 3 is 2.66 bits per heavy atom. The summed E-state index contributed by atoms with van der Waals surface area (Å²) in [6.07, 6.45) is 2.79. The van der Waals surface area contributed by atoms with Crippen LogP contribution in [-0.2, 0) is 10.0 Å². The van der Waals surface area contributed by atoms with Crippen LogP contribution in [0.1, 0.15) is 34.5 Å². The third-order valence-corrected chi connectivity index (χ3v) is 8.44. The largest absolute Gasteiger partial charge is 0.298 e. The number of carbonyl (C=O) groups is 1. The van der Waals surface area contributed by atoms with E-state index in [1.807, 2.05) is 24.4 Å². The van der Waals surface area contributed by atoms with Gasteiger partial charge >= 0.3 is 0 Å². The second-order valence-electron chi connectivity index (χ2n) is 6.89. The quantitative estimate of drug-likeness (QED) is 0.620. The molecule has 29 heavy (non-hydrogen) atoms. The molecule has 3 aromatic rings. The number of aromatic nitrogens is 1. The standard InChI is InChI=1S/C20H21N3O3S3/c1-14-8-9-18(28-14)17-13-27-20(21-17)22-19(24)15-6-5-7-16(12-15)29(25,26)23-10-3-2-4-11-23/h5-9,12-13H,2-4,10-11H2,1H3,(H,21,22,24). The highest BCUT2D eigenvalue weighted by molar-refractivity contribution is 7.89. The van der Waals surface area contributed by atoms with E-state index < -0.39 is 10.0 Å². The molecule has 6 nitrogen and oxygen atoms in total. The van der Waals surface area contributed by atoms with Crippen molar-refractivity contribution < 1.29 is 13.2 Å². The number of piperidine rings is 1. The van der Waals surface area contributed by atoms with E-state index >= 15 is 0 Å². The van der Waals surface area contributed by atoms with Crippen LogP contribution in [0, 0.1) is 6.92 Å².